The molecule has 0 aliphatic carbocycles. The van der Waals surface area contributed by atoms with Crippen LogP contribution in [0.3, 0.4) is 0 Å². The number of hydrogen-bond donors (Lipinski definition) is 1. The van der Waals surface area contributed by atoms with Crippen molar-refractivity contribution in [3.8, 4) is 28.8 Å². The minimum atomic E-state index is -4.65. The van der Waals surface area contributed by atoms with Crippen molar-refractivity contribution in [1.82, 2.24) is 29.4 Å². The molecule has 0 bridgehead atoms. The average molecular weight is 676 g/mol. The van der Waals surface area contributed by atoms with Gasteiger partial charge in [0.1, 0.15) is 11.3 Å². The molecule has 0 atom stereocenters. The Bertz CT molecular complexity index is 1970. The predicted octanol–water partition coefficient (Wildman–Crippen LogP) is 4.13. The first-order valence-electron chi connectivity index (χ1n) is 16.2. The molecule has 2 aliphatic heterocycles. The Morgan fingerprint density at radius 1 is 0.980 bits per heavy atom. The number of nitrogens with zero attached hydrogens (tertiary/aromatic N) is 7. The zero-order chi connectivity index (χ0) is 35.1. The lowest BCUT2D eigenvalue weighted by Crippen LogP contribution is -2.52. The van der Waals surface area contributed by atoms with Crippen LogP contribution in [-0.2, 0) is 18.0 Å². The number of benzene rings is 2. The standard InChI is InChI=1S/C35H37F3N8O3/c1-42-31(29-11-16-40-44(29)27-9-7-23(22-39)8-10-27)30(34(49)45(42)28-6-4-5-25(21-28)35(36,37)38)32(47)41-26-12-17-43(18-13-26)33(48)24-14-19-46(2,3)20-15-24/h4-11,16,21,24,26H,12-15,17-20H2,1-3H3/p+1. The summed E-state index contributed by atoms with van der Waals surface area (Å²) in [5.41, 5.74) is -0.598. The predicted molar refractivity (Wildman–Crippen MR) is 175 cm³/mol. The Hall–Kier alpha value is -5.16. The maximum absolute atomic E-state index is 14.1. The number of nitriles is 1. The van der Waals surface area contributed by atoms with E-state index in [2.05, 4.69) is 30.6 Å². The van der Waals surface area contributed by atoms with Crippen molar-refractivity contribution in [2.75, 3.05) is 40.3 Å². The van der Waals surface area contributed by atoms with E-state index in [0.29, 0.717) is 42.9 Å². The van der Waals surface area contributed by atoms with Crippen LogP contribution in [0.2, 0.25) is 0 Å². The molecular weight excluding hydrogens is 637 g/mol. The van der Waals surface area contributed by atoms with E-state index in [1.165, 1.54) is 34.7 Å². The van der Waals surface area contributed by atoms with Gasteiger partial charge in [0.15, 0.2) is 0 Å². The van der Waals surface area contributed by atoms with Crippen LogP contribution in [0.4, 0.5) is 13.2 Å². The van der Waals surface area contributed by atoms with Gasteiger partial charge in [0.2, 0.25) is 5.91 Å². The first kappa shape index (κ1) is 33.7. The highest BCUT2D eigenvalue weighted by Gasteiger charge is 2.36. The van der Waals surface area contributed by atoms with E-state index < -0.39 is 23.2 Å². The summed E-state index contributed by atoms with van der Waals surface area (Å²) in [6, 6.07) is 14.2. The van der Waals surface area contributed by atoms with Crippen LogP contribution in [0, 0.1) is 17.2 Å². The van der Waals surface area contributed by atoms with Gasteiger partial charge in [-0.05, 0) is 61.4 Å². The van der Waals surface area contributed by atoms with Crippen LogP contribution in [0.5, 0.6) is 0 Å². The SMILES string of the molecule is Cn1c(-c2ccnn2-c2ccc(C#N)cc2)c(C(=O)NC2CCN(C(=O)C3CC[N+](C)(C)CC3)CC2)c(=O)n1-c1cccc(C(F)(F)F)c1. The van der Waals surface area contributed by atoms with E-state index in [1.54, 1.807) is 30.3 Å². The Morgan fingerprint density at radius 3 is 2.29 bits per heavy atom. The fourth-order valence-electron chi connectivity index (χ4n) is 6.85. The molecule has 4 heterocycles. The molecule has 2 aromatic carbocycles. The summed E-state index contributed by atoms with van der Waals surface area (Å²) in [4.78, 5) is 43.3. The molecule has 49 heavy (non-hydrogen) atoms. The summed E-state index contributed by atoms with van der Waals surface area (Å²) in [6.07, 6.45) is -0.476. The maximum atomic E-state index is 14.1. The Balaban J connectivity index is 1.32. The quantitative estimate of drug-likeness (QED) is 0.309. The van der Waals surface area contributed by atoms with Crippen LogP contribution in [0.1, 0.15) is 47.2 Å². The number of carbonyl (C=O) groups excluding carboxylic acids is 2. The second-order valence-corrected chi connectivity index (χ2v) is 13.4. The molecule has 0 spiro atoms. The Labute approximate surface area is 281 Å². The minimum Gasteiger partial charge on any atom is -0.349 e. The molecule has 0 radical (unpaired) electrons. The number of quaternary nitrogens is 1. The van der Waals surface area contributed by atoms with Gasteiger partial charge in [-0.25, -0.2) is 9.36 Å². The van der Waals surface area contributed by atoms with Gasteiger partial charge in [-0.1, -0.05) is 6.07 Å². The number of nitrogens with one attached hydrogen (secondary N) is 1. The Morgan fingerprint density at radius 2 is 1.65 bits per heavy atom. The van der Waals surface area contributed by atoms with E-state index in [9.17, 15) is 32.8 Å². The van der Waals surface area contributed by atoms with Gasteiger partial charge in [-0.2, -0.15) is 23.5 Å². The molecule has 14 heteroatoms. The number of halogens is 3. The van der Waals surface area contributed by atoms with E-state index >= 15 is 0 Å². The molecule has 2 saturated heterocycles. The number of rotatable bonds is 6. The fourth-order valence-corrected chi connectivity index (χ4v) is 6.85. The third-order valence-electron chi connectivity index (χ3n) is 9.69. The highest BCUT2D eigenvalue weighted by atomic mass is 19.4. The first-order valence-corrected chi connectivity index (χ1v) is 16.2. The Kier molecular flexibility index (Phi) is 8.98. The van der Waals surface area contributed by atoms with Gasteiger partial charge >= 0.3 is 6.18 Å². The lowest BCUT2D eigenvalue weighted by Gasteiger charge is -2.39. The van der Waals surface area contributed by atoms with Crippen molar-refractivity contribution in [3.05, 3.63) is 87.8 Å². The van der Waals surface area contributed by atoms with Gasteiger partial charge < -0.3 is 14.7 Å². The zero-order valence-corrected chi connectivity index (χ0v) is 27.6. The van der Waals surface area contributed by atoms with E-state index in [0.717, 1.165) is 47.2 Å². The summed E-state index contributed by atoms with van der Waals surface area (Å²) in [5, 5.41) is 16.6. The molecule has 256 valence electrons. The number of aromatic nitrogens is 4. The van der Waals surface area contributed by atoms with Crippen molar-refractivity contribution < 1.29 is 27.2 Å². The van der Waals surface area contributed by atoms with Crippen molar-refractivity contribution >= 4 is 11.8 Å². The number of carbonyl (C=O) groups is 2. The molecule has 0 unspecified atom stereocenters. The molecule has 11 nitrogen and oxygen atoms in total. The van der Waals surface area contributed by atoms with Gasteiger partial charge in [0.25, 0.3) is 11.5 Å². The lowest BCUT2D eigenvalue weighted by atomic mass is 9.93. The zero-order valence-electron chi connectivity index (χ0n) is 27.6. The van der Waals surface area contributed by atoms with Crippen LogP contribution >= 0.6 is 0 Å². The van der Waals surface area contributed by atoms with Crippen LogP contribution in [0.25, 0.3) is 22.8 Å². The van der Waals surface area contributed by atoms with Crippen molar-refractivity contribution in [1.29, 1.82) is 5.26 Å². The molecule has 2 fully saturated rings. The largest absolute Gasteiger partial charge is 0.416 e. The van der Waals surface area contributed by atoms with Gasteiger partial charge in [-0.3, -0.25) is 19.1 Å². The molecule has 2 amide bonds. The minimum absolute atomic E-state index is 0.000518. The van der Waals surface area contributed by atoms with E-state index in [4.69, 9.17) is 0 Å². The summed E-state index contributed by atoms with van der Waals surface area (Å²) < 4.78 is 45.8. The van der Waals surface area contributed by atoms with Gasteiger partial charge in [0.05, 0.1) is 67.6 Å². The molecule has 6 rings (SSSR count). The smallest absolute Gasteiger partial charge is 0.349 e. The average Bonchev–Trinajstić information content (AvgIpc) is 3.66. The second kappa shape index (κ2) is 13.0. The van der Waals surface area contributed by atoms with E-state index in [1.807, 2.05) is 4.90 Å². The number of hydrogen-bond acceptors (Lipinski definition) is 5. The molecule has 1 N–H and O–H groups in total. The highest BCUT2D eigenvalue weighted by Crippen LogP contribution is 2.32. The lowest BCUT2D eigenvalue weighted by molar-refractivity contribution is -0.895. The third-order valence-corrected chi connectivity index (χ3v) is 9.69. The summed E-state index contributed by atoms with van der Waals surface area (Å²) >= 11 is 0. The van der Waals surface area contributed by atoms with Crippen LogP contribution in [-0.4, -0.2) is 86.7 Å². The summed E-state index contributed by atoms with van der Waals surface area (Å²) in [5.74, 6) is -0.528. The molecule has 2 aliphatic rings. The number of likely N-dealkylation sites (tertiary alicyclic amines) is 2. The first-order chi connectivity index (χ1) is 23.3. The van der Waals surface area contributed by atoms with Crippen molar-refractivity contribution in [2.45, 2.75) is 37.9 Å². The molecular formula is C35H38F3N8O3+. The normalized spacial score (nSPS) is 17.1. The van der Waals surface area contributed by atoms with Gasteiger partial charge in [-0.15, -0.1) is 0 Å². The van der Waals surface area contributed by atoms with Gasteiger partial charge in [0, 0.05) is 44.9 Å². The molecule has 2 aromatic heterocycles. The monoisotopic (exact) mass is 675 g/mol. The third kappa shape index (κ3) is 6.76. The second-order valence-electron chi connectivity index (χ2n) is 13.4. The number of alkyl halides is 3. The topological polar surface area (TPSA) is 118 Å². The highest BCUT2D eigenvalue weighted by molar-refractivity contribution is 6.00. The van der Waals surface area contributed by atoms with Crippen LogP contribution in [0.15, 0.2) is 65.6 Å². The summed E-state index contributed by atoms with van der Waals surface area (Å²) in [6.45, 7) is 2.84. The fraction of sp³-hybridized carbons (Fsp3) is 0.400. The maximum Gasteiger partial charge on any atom is 0.416 e. The van der Waals surface area contributed by atoms with E-state index in [-0.39, 0.29) is 34.8 Å². The summed E-state index contributed by atoms with van der Waals surface area (Å²) in [7, 11) is 5.84. The molecule has 4 aromatic rings. The van der Waals surface area contributed by atoms with Crippen molar-refractivity contribution in [2.24, 2.45) is 13.0 Å². The number of amides is 2. The van der Waals surface area contributed by atoms with Crippen molar-refractivity contribution in [3.63, 3.8) is 0 Å². The number of piperidine rings is 2. The molecule has 0 saturated carbocycles. The van der Waals surface area contributed by atoms with Crippen LogP contribution < -0.4 is 10.9 Å².